The number of rotatable bonds is 0. The van der Waals surface area contributed by atoms with Crippen LogP contribution in [0.4, 0.5) is 0 Å². The van der Waals surface area contributed by atoms with Crippen molar-refractivity contribution in [1.82, 2.24) is 0 Å². The minimum absolute atomic E-state index is 0. The predicted octanol–water partition coefficient (Wildman–Crippen LogP) is -9.96. The molecular weight excluding hydrogens is 686 g/mol. The molecule has 0 fully saturated rings. The van der Waals surface area contributed by atoms with E-state index in [4.69, 9.17) is 59.4 Å². The van der Waals surface area contributed by atoms with Crippen molar-refractivity contribution >= 4 is 35.8 Å². The van der Waals surface area contributed by atoms with E-state index in [1.807, 2.05) is 0 Å². The Morgan fingerprint density at radius 2 is 0.310 bits per heavy atom. The molecule has 2 radical (unpaired) electrons. The number of hydrogen-bond donors (Lipinski definition) is 6. The smallest absolute Gasteiger partial charge is 0.414 e. The van der Waals surface area contributed by atoms with E-state index in [1.54, 1.807) is 0 Å². The zero-order chi connectivity index (χ0) is 15.5. The number of aliphatic carboxylic acids is 6. The minimum Gasteiger partial charge on any atom is -0.473 e. The van der Waals surface area contributed by atoms with Gasteiger partial charge in [-0.3, -0.25) is 0 Å². The topological polar surface area (TPSA) is 507 Å². The molecule has 0 aliphatic carbocycles. The molecule has 0 rings (SSSR count). The molecule has 24 N–H and O–H groups in total. The van der Waals surface area contributed by atoms with Gasteiger partial charge in [0.05, 0.1) is 0 Å². The quantitative estimate of drug-likeness (QED) is 0.128. The van der Waals surface area contributed by atoms with Crippen molar-refractivity contribution in [3.05, 3.63) is 0 Å². The Labute approximate surface area is 214 Å². The van der Waals surface area contributed by atoms with Gasteiger partial charge in [-0.2, -0.15) is 0 Å². The van der Waals surface area contributed by atoms with Crippen molar-refractivity contribution in [1.29, 1.82) is 0 Å². The fourth-order valence-corrected chi connectivity index (χ4v) is 0. The minimum atomic E-state index is -1.82. The zero-order valence-electron chi connectivity index (χ0n) is 13.8. The molecule has 0 atom stereocenters. The summed E-state index contributed by atoms with van der Waals surface area (Å²) in [6.07, 6.45) is 0. The van der Waals surface area contributed by atoms with E-state index < -0.39 is 35.8 Å². The van der Waals surface area contributed by atoms with E-state index in [-0.39, 0.29) is 120 Å². The predicted molar refractivity (Wildman–Crippen MR) is 78.3 cm³/mol. The molecule has 29 heavy (non-hydrogen) atoms. The third-order valence-electron chi connectivity index (χ3n) is 0.549. The zero-order valence-corrected chi connectivity index (χ0v) is 21.0. The number of carboxylic acid groups (broad SMARTS) is 6. The van der Waals surface area contributed by atoms with Crippen LogP contribution in [0.1, 0.15) is 0 Å². The maximum Gasteiger partial charge on any atom is 0.414 e. The van der Waals surface area contributed by atoms with Crippen LogP contribution in [0.3, 0.4) is 0 Å². The van der Waals surface area contributed by atoms with Crippen LogP contribution in [0.25, 0.3) is 0 Å². The van der Waals surface area contributed by atoms with Crippen LogP contribution < -0.4 is 0 Å². The summed E-state index contributed by atoms with van der Waals surface area (Å²) >= 11 is 0. The van der Waals surface area contributed by atoms with Crippen molar-refractivity contribution in [2.45, 2.75) is 0 Å². The van der Waals surface area contributed by atoms with Crippen LogP contribution in [0.2, 0.25) is 0 Å². The third kappa shape index (κ3) is 141. The largest absolute Gasteiger partial charge is 0.473 e. The first kappa shape index (κ1) is 105. The maximum atomic E-state index is 9.10. The molecule has 0 saturated carbocycles. The van der Waals surface area contributed by atoms with Gasteiger partial charge in [0.2, 0.25) is 0 Å². The van der Waals surface area contributed by atoms with Gasteiger partial charge in [0.15, 0.2) is 0 Å². The molecule has 0 unspecified atom stereocenters. The Morgan fingerprint density at radius 1 is 0.276 bits per heavy atom. The Balaban J connectivity index is -0.00000000815. The molecule has 0 aromatic carbocycles. The van der Waals surface area contributed by atoms with Gasteiger partial charge in [0.25, 0.3) is 0 Å². The van der Waals surface area contributed by atoms with Gasteiger partial charge >= 0.3 is 35.8 Å². The summed E-state index contributed by atoms with van der Waals surface area (Å²) < 4.78 is 0. The maximum absolute atomic E-state index is 9.10. The summed E-state index contributed by atoms with van der Waals surface area (Å²) in [4.78, 5) is 54.6. The molecule has 0 aromatic heterocycles. The Morgan fingerprint density at radius 3 is 0.310 bits per heavy atom. The third-order valence-corrected chi connectivity index (χ3v) is 0.549. The standard InChI is InChI=1S/3C2H2O4.2La.9H2O/c3*3-1(4)2(5)6;;;;;;;;;;;/h3*(H,3,4)(H,5,6);;;9*1H2. The normalized spacial score (nSPS) is 4.55. The van der Waals surface area contributed by atoms with Gasteiger partial charge in [-0.05, 0) is 0 Å². The average molecular weight is 710 g/mol. The first-order valence-corrected chi connectivity index (χ1v) is 3.32. The molecule has 0 aromatic rings. The van der Waals surface area contributed by atoms with E-state index in [2.05, 4.69) is 0 Å². The van der Waals surface area contributed by atoms with Crippen molar-refractivity contribution < 1.29 is 180 Å². The molecule has 23 heteroatoms. The van der Waals surface area contributed by atoms with E-state index in [0.29, 0.717) is 0 Å². The summed E-state index contributed by atoms with van der Waals surface area (Å²) in [7, 11) is 0. The summed E-state index contributed by atoms with van der Waals surface area (Å²) in [6.45, 7) is 0. The van der Waals surface area contributed by atoms with Crippen LogP contribution in [-0.2, 0) is 28.8 Å². The van der Waals surface area contributed by atoms with Crippen LogP contribution in [0.5, 0.6) is 0 Å². The van der Waals surface area contributed by atoms with Crippen LogP contribution in [0.15, 0.2) is 0 Å². The van der Waals surface area contributed by atoms with Crippen molar-refractivity contribution in [2.75, 3.05) is 0 Å². The van der Waals surface area contributed by atoms with Gasteiger partial charge in [-0.25, -0.2) is 28.8 Å². The van der Waals surface area contributed by atoms with Gasteiger partial charge in [-0.15, -0.1) is 0 Å². The second kappa shape index (κ2) is 63.2. The molecule has 0 amide bonds. The summed E-state index contributed by atoms with van der Waals surface area (Å²) in [5.41, 5.74) is 0. The average Bonchev–Trinajstić information content (AvgIpc) is 2.18. The van der Waals surface area contributed by atoms with Crippen molar-refractivity contribution in [3.8, 4) is 0 Å². The molecular formula is C6H24La2O21. The second-order valence-corrected chi connectivity index (χ2v) is 1.83. The van der Waals surface area contributed by atoms with Crippen LogP contribution in [0, 0.1) is 71.2 Å². The monoisotopic (exact) mass is 710 g/mol. The number of carbonyl (C=O) groups is 6. The van der Waals surface area contributed by atoms with Crippen molar-refractivity contribution in [2.24, 2.45) is 0 Å². The van der Waals surface area contributed by atoms with Gasteiger partial charge in [0, 0.05) is 71.2 Å². The molecule has 180 valence electrons. The number of hydrogen-bond acceptors (Lipinski definition) is 6. The van der Waals surface area contributed by atoms with E-state index >= 15 is 0 Å². The molecule has 0 heterocycles. The van der Waals surface area contributed by atoms with Crippen LogP contribution in [-0.4, -0.2) is 116 Å². The van der Waals surface area contributed by atoms with E-state index in [1.165, 1.54) is 0 Å². The fourth-order valence-electron chi connectivity index (χ4n) is 0. The van der Waals surface area contributed by atoms with Crippen LogP contribution >= 0.6 is 0 Å². The Kier molecular flexibility index (Phi) is 228. The molecule has 0 spiro atoms. The van der Waals surface area contributed by atoms with Gasteiger partial charge in [-0.1, -0.05) is 0 Å². The summed E-state index contributed by atoms with van der Waals surface area (Å²) in [5, 5.41) is 44.3. The first-order valence-electron chi connectivity index (χ1n) is 3.32. The molecule has 0 saturated heterocycles. The molecule has 0 aliphatic rings. The Hall–Kier alpha value is -1.15. The SMILES string of the molecule is O.O.O.O.O.O.O.O.O.O=C(O)C(=O)O.O=C(O)C(=O)O.O=C(O)C(=O)O.[La].[La]. The fraction of sp³-hybridized carbons (Fsp3) is 0. The first-order chi connectivity index (χ1) is 7.93. The van der Waals surface area contributed by atoms with Gasteiger partial charge in [0.1, 0.15) is 0 Å². The Bertz CT molecular complexity index is 286. The van der Waals surface area contributed by atoms with E-state index in [9.17, 15) is 0 Å². The van der Waals surface area contributed by atoms with E-state index in [0.717, 1.165) is 0 Å². The van der Waals surface area contributed by atoms with Crippen molar-refractivity contribution in [3.63, 3.8) is 0 Å². The molecule has 21 nitrogen and oxygen atoms in total. The van der Waals surface area contributed by atoms with Gasteiger partial charge < -0.3 is 79.9 Å². The number of carboxylic acids is 6. The summed E-state index contributed by atoms with van der Waals surface area (Å²) in [6, 6.07) is 0. The molecule has 0 bridgehead atoms. The summed E-state index contributed by atoms with van der Waals surface area (Å²) in [5.74, 6) is -10.9. The second-order valence-electron chi connectivity index (χ2n) is 1.83. The molecule has 0 aliphatic heterocycles.